The van der Waals surface area contributed by atoms with Crippen LogP contribution in [0.15, 0.2) is 0 Å². The SMILES string of the molecule is O=S(=O)(O)OCC(O)C(O)C(O)C(O)C(O)CO. The van der Waals surface area contributed by atoms with Gasteiger partial charge in [0, 0.05) is 0 Å². The van der Waals surface area contributed by atoms with Crippen LogP contribution in [0.3, 0.4) is 0 Å². The summed E-state index contributed by atoms with van der Waals surface area (Å²) in [5.41, 5.74) is 0. The second-order valence-corrected chi connectivity index (χ2v) is 4.59. The molecule has 5 atom stereocenters. The number of hydrogen-bond acceptors (Lipinski definition) is 9. The van der Waals surface area contributed by atoms with E-state index in [9.17, 15) is 28.8 Å². The van der Waals surface area contributed by atoms with Crippen LogP contribution in [0.4, 0.5) is 0 Å². The van der Waals surface area contributed by atoms with Gasteiger partial charge in [-0.1, -0.05) is 0 Å². The van der Waals surface area contributed by atoms with Crippen LogP contribution in [0.25, 0.3) is 0 Å². The van der Waals surface area contributed by atoms with Crippen molar-refractivity contribution in [2.24, 2.45) is 0 Å². The van der Waals surface area contributed by atoms with E-state index in [4.69, 9.17) is 14.8 Å². The van der Waals surface area contributed by atoms with Gasteiger partial charge in [-0.2, -0.15) is 8.42 Å². The summed E-state index contributed by atoms with van der Waals surface area (Å²) in [5.74, 6) is 0. The maximum Gasteiger partial charge on any atom is 0.397 e. The fraction of sp³-hybridized carbons (Fsp3) is 1.00. The minimum absolute atomic E-state index is 0.900. The minimum Gasteiger partial charge on any atom is -0.394 e. The van der Waals surface area contributed by atoms with Crippen LogP contribution >= 0.6 is 0 Å². The Morgan fingerprint density at radius 2 is 1.33 bits per heavy atom. The van der Waals surface area contributed by atoms with Gasteiger partial charge in [-0.05, 0) is 0 Å². The highest BCUT2D eigenvalue weighted by Crippen LogP contribution is 2.09. The van der Waals surface area contributed by atoms with Crippen molar-refractivity contribution in [1.29, 1.82) is 0 Å². The molecule has 0 heterocycles. The lowest BCUT2D eigenvalue weighted by Crippen LogP contribution is -2.51. The molecule has 0 radical (unpaired) electrons. The summed E-state index contributed by atoms with van der Waals surface area (Å²) in [7, 11) is -4.82. The Labute approximate surface area is 103 Å². The largest absolute Gasteiger partial charge is 0.397 e. The fourth-order valence-electron chi connectivity index (χ4n) is 1.02. The van der Waals surface area contributed by atoms with Gasteiger partial charge in [0.25, 0.3) is 0 Å². The molecule has 0 aliphatic carbocycles. The van der Waals surface area contributed by atoms with Crippen molar-refractivity contribution in [2.75, 3.05) is 13.2 Å². The molecule has 11 heteroatoms. The Kier molecular flexibility index (Phi) is 7.13. The van der Waals surface area contributed by atoms with Gasteiger partial charge in [0.2, 0.25) is 0 Å². The maximum absolute atomic E-state index is 10.2. The van der Waals surface area contributed by atoms with Crippen molar-refractivity contribution in [1.82, 2.24) is 0 Å². The van der Waals surface area contributed by atoms with E-state index in [0.717, 1.165) is 0 Å². The molecule has 10 nitrogen and oxygen atoms in total. The first kappa shape index (κ1) is 17.6. The lowest BCUT2D eigenvalue weighted by atomic mass is 10.00. The van der Waals surface area contributed by atoms with Crippen molar-refractivity contribution in [3.05, 3.63) is 0 Å². The average molecular weight is 292 g/mol. The maximum atomic E-state index is 10.2. The van der Waals surface area contributed by atoms with E-state index in [1.807, 2.05) is 0 Å². The van der Waals surface area contributed by atoms with Crippen LogP contribution in [0, 0.1) is 0 Å². The third-order valence-corrected chi connectivity index (χ3v) is 2.50. The molecule has 5 unspecified atom stereocenters. The molecular formula is C7H16O10S. The number of rotatable bonds is 8. The predicted molar refractivity (Wildman–Crippen MR) is 54.6 cm³/mol. The van der Waals surface area contributed by atoms with Crippen LogP contribution in [-0.2, 0) is 14.6 Å². The van der Waals surface area contributed by atoms with Gasteiger partial charge in [-0.25, -0.2) is 4.18 Å². The van der Waals surface area contributed by atoms with E-state index in [1.54, 1.807) is 0 Å². The highest BCUT2D eigenvalue weighted by atomic mass is 32.3. The molecule has 0 amide bonds. The first-order valence-corrected chi connectivity index (χ1v) is 6.09. The van der Waals surface area contributed by atoms with E-state index in [1.165, 1.54) is 0 Å². The molecule has 0 saturated heterocycles. The summed E-state index contributed by atoms with van der Waals surface area (Å²) in [6, 6.07) is 0. The Balaban J connectivity index is 4.40. The highest BCUT2D eigenvalue weighted by molar-refractivity contribution is 7.80. The Morgan fingerprint density at radius 3 is 1.72 bits per heavy atom. The van der Waals surface area contributed by atoms with Crippen LogP contribution in [0.1, 0.15) is 0 Å². The van der Waals surface area contributed by atoms with Gasteiger partial charge in [0.1, 0.15) is 30.5 Å². The van der Waals surface area contributed by atoms with E-state index >= 15 is 0 Å². The van der Waals surface area contributed by atoms with E-state index in [2.05, 4.69) is 4.18 Å². The zero-order chi connectivity index (χ0) is 14.5. The quantitative estimate of drug-likeness (QED) is 0.215. The lowest BCUT2D eigenvalue weighted by Gasteiger charge is -2.28. The lowest BCUT2D eigenvalue weighted by molar-refractivity contribution is -0.144. The highest BCUT2D eigenvalue weighted by Gasteiger charge is 2.34. The third-order valence-electron chi connectivity index (χ3n) is 2.06. The van der Waals surface area contributed by atoms with Crippen molar-refractivity contribution in [2.45, 2.75) is 30.5 Å². The summed E-state index contributed by atoms with van der Waals surface area (Å²) < 4.78 is 32.3. The molecule has 0 aromatic heterocycles. The second-order valence-electron chi connectivity index (χ2n) is 3.50. The van der Waals surface area contributed by atoms with Gasteiger partial charge in [0.05, 0.1) is 13.2 Å². The molecule has 18 heavy (non-hydrogen) atoms. The van der Waals surface area contributed by atoms with Gasteiger partial charge in [0.15, 0.2) is 0 Å². The van der Waals surface area contributed by atoms with Crippen LogP contribution < -0.4 is 0 Å². The zero-order valence-electron chi connectivity index (χ0n) is 9.06. The first-order chi connectivity index (χ1) is 8.10. The third kappa shape index (κ3) is 5.99. The molecule has 0 spiro atoms. The summed E-state index contributed by atoms with van der Waals surface area (Å²) >= 11 is 0. The van der Waals surface area contributed by atoms with Crippen molar-refractivity contribution < 1.29 is 47.8 Å². The summed E-state index contributed by atoms with van der Waals surface area (Å²) in [6.45, 7) is -1.97. The predicted octanol–water partition coefficient (Wildman–Crippen LogP) is -4.40. The van der Waals surface area contributed by atoms with Gasteiger partial charge >= 0.3 is 10.4 Å². The van der Waals surface area contributed by atoms with Crippen molar-refractivity contribution >= 4 is 10.4 Å². The normalized spacial score (nSPS) is 21.1. The van der Waals surface area contributed by atoms with Crippen LogP contribution in [0.2, 0.25) is 0 Å². The van der Waals surface area contributed by atoms with Gasteiger partial charge in [-0.15, -0.1) is 0 Å². The monoisotopic (exact) mass is 292 g/mol. The molecule has 7 N–H and O–H groups in total. The molecule has 0 aromatic carbocycles. The van der Waals surface area contributed by atoms with Gasteiger partial charge < -0.3 is 30.6 Å². The molecule has 0 rings (SSSR count). The topological polar surface area (TPSA) is 185 Å². The Bertz CT molecular complexity index is 329. The molecule has 0 saturated carbocycles. The Morgan fingerprint density at radius 1 is 0.889 bits per heavy atom. The zero-order valence-corrected chi connectivity index (χ0v) is 9.88. The van der Waals surface area contributed by atoms with E-state index in [-0.39, 0.29) is 0 Å². The van der Waals surface area contributed by atoms with Crippen LogP contribution in [-0.4, -0.2) is 87.3 Å². The molecule has 0 bridgehead atoms. The summed E-state index contributed by atoms with van der Waals surface area (Å²) in [6.07, 6.45) is -9.81. The Hall–Kier alpha value is -0.370. The smallest absolute Gasteiger partial charge is 0.394 e. The standard InChI is InChI=1S/C7H16O10S/c8-1-3(9)5(11)7(13)6(12)4(10)2-17-18(14,15)16/h3-13H,1-2H2,(H,14,15,16). The first-order valence-electron chi connectivity index (χ1n) is 4.73. The van der Waals surface area contributed by atoms with Crippen molar-refractivity contribution in [3.8, 4) is 0 Å². The van der Waals surface area contributed by atoms with Crippen LogP contribution in [0.5, 0.6) is 0 Å². The average Bonchev–Trinajstić information content (AvgIpc) is 2.31. The number of aliphatic hydroxyl groups is 6. The molecule has 0 aliphatic rings. The number of hydrogen-bond donors (Lipinski definition) is 7. The minimum atomic E-state index is -4.82. The fourth-order valence-corrected chi connectivity index (χ4v) is 1.33. The van der Waals surface area contributed by atoms with E-state index < -0.39 is 54.1 Å². The molecule has 0 aromatic rings. The molecule has 0 aliphatic heterocycles. The van der Waals surface area contributed by atoms with E-state index in [0.29, 0.717) is 0 Å². The molecular weight excluding hydrogens is 276 g/mol. The second kappa shape index (κ2) is 7.28. The number of aliphatic hydroxyl groups excluding tert-OH is 6. The van der Waals surface area contributed by atoms with Gasteiger partial charge in [-0.3, -0.25) is 4.55 Å². The van der Waals surface area contributed by atoms with Crippen molar-refractivity contribution in [3.63, 3.8) is 0 Å². The molecule has 110 valence electrons. The molecule has 0 fully saturated rings. The summed E-state index contributed by atoms with van der Waals surface area (Å²) in [5, 5.41) is 54.4. The summed E-state index contributed by atoms with van der Waals surface area (Å²) in [4.78, 5) is 0.